The minimum atomic E-state index is -0.139. The van der Waals surface area contributed by atoms with E-state index in [1.807, 2.05) is 29.4 Å². The lowest BCUT2D eigenvalue weighted by Gasteiger charge is -2.25. The second-order valence-corrected chi connectivity index (χ2v) is 6.52. The molecule has 3 rings (SSSR count). The van der Waals surface area contributed by atoms with Crippen LogP contribution in [0.25, 0.3) is 0 Å². The number of carbonyl (C=O) groups excluding carboxylic acids is 2. The van der Waals surface area contributed by atoms with Crippen molar-refractivity contribution in [2.24, 2.45) is 7.05 Å². The van der Waals surface area contributed by atoms with Gasteiger partial charge in [0.15, 0.2) is 0 Å². The van der Waals surface area contributed by atoms with Crippen LogP contribution >= 0.6 is 0 Å². The van der Waals surface area contributed by atoms with Gasteiger partial charge in [-0.15, -0.1) is 0 Å². The quantitative estimate of drug-likeness (QED) is 0.826. The Hall–Kier alpha value is -2.57. The summed E-state index contributed by atoms with van der Waals surface area (Å²) in [4.78, 5) is 26.5. The van der Waals surface area contributed by atoms with E-state index in [9.17, 15) is 9.59 Å². The van der Waals surface area contributed by atoms with E-state index in [1.54, 1.807) is 24.1 Å². The lowest BCUT2D eigenvalue weighted by Crippen LogP contribution is -2.43. The Bertz CT molecular complexity index is 707. The van der Waals surface area contributed by atoms with Crippen molar-refractivity contribution in [2.75, 3.05) is 13.1 Å². The molecule has 1 atom stereocenters. The normalized spacial score (nSPS) is 17.0. The number of rotatable bonds is 7. The van der Waals surface area contributed by atoms with E-state index in [2.05, 4.69) is 15.0 Å². The van der Waals surface area contributed by atoms with Gasteiger partial charge in [0.25, 0.3) is 5.91 Å². The molecule has 7 nitrogen and oxygen atoms in total. The summed E-state index contributed by atoms with van der Waals surface area (Å²) < 4.78 is 3.69. The smallest absolute Gasteiger partial charge is 0.254 e. The van der Waals surface area contributed by atoms with Crippen LogP contribution in [0.2, 0.25) is 0 Å². The Balaban J connectivity index is 1.44. The van der Waals surface area contributed by atoms with Gasteiger partial charge in [0, 0.05) is 57.7 Å². The Morgan fingerprint density at radius 3 is 2.84 bits per heavy atom. The van der Waals surface area contributed by atoms with Crippen LogP contribution in [0, 0.1) is 0 Å². The van der Waals surface area contributed by atoms with E-state index < -0.39 is 0 Å². The molecule has 2 aromatic heterocycles. The Morgan fingerprint density at radius 2 is 2.12 bits per heavy atom. The van der Waals surface area contributed by atoms with Crippen LogP contribution in [-0.4, -0.2) is 50.2 Å². The van der Waals surface area contributed by atoms with E-state index in [0.717, 1.165) is 32.4 Å². The number of aromatic nitrogens is 3. The first-order chi connectivity index (χ1) is 12.1. The number of amides is 2. The molecule has 1 aliphatic rings. The molecule has 2 amide bonds. The fraction of sp³-hybridized carbons (Fsp3) is 0.500. The van der Waals surface area contributed by atoms with Gasteiger partial charge in [0.2, 0.25) is 5.91 Å². The van der Waals surface area contributed by atoms with Gasteiger partial charge in [0.05, 0.1) is 11.8 Å². The molecule has 1 saturated heterocycles. The third-order valence-corrected chi connectivity index (χ3v) is 4.64. The van der Waals surface area contributed by atoms with Crippen molar-refractivity contribution < 1.29 is 9.59 Å². The lowest BCUT2D eigenvalue weighted by molar-refractivity contribution is -0.132. The van der Waals surface area contributed by atoms with Crippen LogP contribution in [0.15, 0.2) is 36.9 Å². The van der Waals surface area contributed by atoms with Crippen molar-refractivity contribution in [2.45, 2.75) is 38.3 Å². The van der Waals surface area contributed by atoms with Gasteiger partial charge in [-0.1, -0.05) is 0 Å². The van der Waals surface area contributed by atoms with Gasteiger partial charge in [-0.2, -0.15) is 5.10 Å². The Labute approximate surface area is 147 Å². The maximum absolute atomic E-state index is 12.5. The molecule has 0 saturated carbocycles. The largest absolute Gasteiger partial charge is 0.354 e. The SMILES string of the molecule is Cn1cc(C(=O)NCC2CCCN2C(=O)CCCn2cccc2)cn1. The van der Waals surface area contributed by atoms with Crippen LogP contribution in [0.5, 0.6) is 0 Å². The summed E-state index contributed by atoms with van der Waals surface area (Å²) in [6.07, 6.45) is 10.6. The van der Waals surface area contributed by atoms with Gasteiger partial charge in [-0.05, 0) is 31.4 Å². The summed E-state index contributed by atoms with van der Waals surface area (Å²) in [6.45, 7) is 2.14. The van der Waals surface area contributed by atoms with Crippen LogP contribution in [0.1, 0.15) is 36.0 Å². The molecule has 2 aromatic rings. The number of nitrogens with one attached hydrogen (secondary N) is 1. The number of hydrogen-bond donors (Lipinski definition) is 1. The summed E-state index contributed by atoms with van der Waals surface area (Å²) in [5, 5.41) is 6.93. The number of likely N-dealkylation sites (tertiary alicyclic amines) is 1. The second-order valence-electron chi connectivity index (χ2n) is 6.52. The summed E-state index contributed by atoms with van der Waals surface area (Å²) in [7, 11) is 1.78. The molecule has 0 aromatic carbocycles. The molecule has 134 valence electrons. The average molecular weight is 343 g/mol. The van der Waals surface area contributed by atoms with Crippen molar-refractivity contribution >= 4 is 11.8 Å². The first-order valence-corrected chi connectivity index (χ1v) is 8.80. The zero-order chi connectivity index (χ0) is 17.6. The van der Waals surface area contributed by atoms with Crippen molar-refractivity contribution in [3.8, 4) is 0 Å². The first-order valence-electron chi connectivity index (χ1n) is 8.80. The molecule has 1 fully saturated rings. The van der Waals surface area contributed by atoms with Gasteiger partial charge < -0.3 is 14.8 Å². The number of aryl methyl sites for hydroxylation is 2. The maximum atomic E-state index is 12.5. The molecule has 0 aliphatic carbocycles. The third kappa shape index (κ3) is 4.49. The fourth-order valence-electron chi connectivity index (χ4n) is 3.30. The summed E-state index contributed by atoms with van der Waals surface area (Å²) >= 11 is 0. The minimum absolute atomic E-state index is 0.0969. The van der Waals surface area contributed by atoms with Gasteiger partial charge in [0.1, 0.15) is 0 Å². The summed E-state index contributed by atoms with van der Waals surface area (Å²) in [5.41, 5.74) is 0.546. The topological polar surface area (TPSA) is 72.2 Å². The first kappa shape index (κ1) is 17.3. The van der Waals surface area contributed by atoms with Crippen LogP contribution < -0.4 is 5.32 Å². The molecule has 7 heteroatoms. The molecule has 3 heterocycles. The van der Waals surface area contributed by atoms with Gasteiger partial charge >= 0.3 is 0 Å². The number of hydrogen-bond acceptors (Lipinski definition) is 3. The van der Waals surface area contributed by atoms with Crippen LogP contribution in [0.4, 0.5) is 0 Å². The highest BCUT2D eigenvalue weighted by Crippen LogP contribution is 2.18. The zero-order valence-corrected chi connectivity index (χ0v) is 14.6. The molecule has 1 aliphatic heterocycles. The van der Waals surface area contributed by atoms with Crippen molar-refractivity contribution in [3.05, 3.63) is 42.5 Å². The van der Waals surface area contributed by atoms with E-state index in [0.29, 0.717) is 18.5 Å². The molecule has 1 unspecified atom stereocenters. The van der Waals surface area contributed by atoms with Gasteiger partial charge in [-0.25, -0.2) is 0 Å². The maximum Gasteiger partial charge on any atom is 0.254 e. The zero-order valence-electron chi connectivity index (χ0n) is 14.6. The van der Waals surface area contributed by atoms with E-state index in [4.69, 9.17) is 0 Å². The highest BCUT2D eigenvalue weighted by atomic mass is 16.2. The molecule has 0 spiro atoms. The van der Waals surface area contributed by atoms with Crippen molar-refractivity contribution in [1.82, 2.24) is 24.6 Å². The molecule has 0 bridgehead atoms. The minimum Gasteiger partial charge on any atom is -0.354 e. The lowest BCUT2D eigenvalue weighted by atomic mass is 10.2. The molecule has 0 radical (unpaired) electrons. The molecule has 1 N–H and O–H groups in total. The third-order valence-electron chi connectivity index (χ3n) is 4.64. The Kier molecular flexibility index (Phi) is 5.53. The molecule has 25 heavy (non-hydrogen) atoms. The fourth-order valence-corrected chi connectivity index (χ4v) is 3.30. The number of nitrogens with zero attached hydrogens (tertiary/aromatic N) is 4. The van der Waals surface area contributed by atoms with E-state index in [1.165, 1.54) is 0 Å². The predicted octanol–water partition coefficient (Wildman–Crippen LogP) is 1.42. The number of carbonyl (C=O) groups is 2. The second kappa shape index (κ2) is 8.00. The highest BCUT2D eigenvalue weighted by molar-refractivity contribution is 5.93. The monoisotopic (exact) mass is 343 g/mol. The summed E-state index contributed by atoms with van der Waals surface area (Å²) in [5.74, 6) is 0.0466. The molecular formula is C18H25N5O2. The van der Waals surface area contributed by atoms with E-state index in [-0.39, 0.29) is 17.9 Å². The highest BCUT2D eigenvalue weighted by Gasteiger charge is 2.28. The predicted molar refractivity (Wildman–Crippen MR) is 93.9 cm³/mol. The van der Waals surface area contributed by atoms with Crippen molar-refractivity contribution in [1.29, 1.82) is 0 Å². The summed E-state index contributed by atoms with van der Waals surface area (Å²) in [6, 6.07) is 4.08. The average Bonchev–Trinajstić information content (AvgIpc) is 3.34. The van der Waals surface area contributed by atoms with Crippen LogP contribution in [0.3, 0.4) is 0 Å². The molecular weight excluding hydrogens is 318 g/mol. The standard InChI is InChI=1S/C18H25N5O2/c1-21-14-15(12-20-21)18(25)19-13-16-6-4-11-23(16)17(24)7-5-10-22-8-2-3-9-22/h2-3,8-9,12,14,16H,4-7,10-11,13H2,1H3,(H,19,25). The van der Waals surface area contributed by atoms with Crippen molar-refractivity contribution in [3.63, 3.8) is 0 Å². The van der Waals surface area contributed by atoms with Crippen LogP contribution in [-0.2, 0) is 18.4 Å². The van der Waals surface area contributed by atoms with Gasteiger partial charge in [-0.3, -0.25) is 14.3 Å². The Morgan fingerprint density at radius 1 is 1.32 bits per heavy atom. The van der Waals surface area contributed by atoms with E-state index >= 15 is 0 Å².